The molecular formula is C18H24N6O2. The molecule has 4 heterocycles. The van der Waals surface area contributed by atoms with Crippen LogP contribution in [0.3, 0.4) is 0 Å². The Morgan fingerprint density at radius 2 is 1.96 bits per heavy atom. The van der Waals surface area contributed by atoms with E-state index in [0.29, 0.717) is 18.5 Å². The first-order chi connectivity index (χ1) is 12.7. The lowest BCUT2D eigenvalue weighted by Crippen LogP contribution is -2.52. The van der Waals surface area contributed by atoms with Crippen molar-refractivity contribution in [3.63, 3.8) is 0 Å². The van der Waals surface area contributed by atoms with Gasteiger partial charge in [-0.05, 0) is 31.7 Å². The van der Waals surface area contributed by atoms with Crippen molar-refractivity contribution in [3.8, 4) is 6.07 Å². The van der Waals surface area contributed by atoms with Gasteiger partial charge < -0.3 is 20.2 Å². The van der Waals surface area contributed by atoms with E-state index in [1.165, 1.54) is 4.90 Å². The minimum absolute atomic E-state index is 0.103. The number of likely N-dealkylation sites (tertiary alicyclic amines) is 1. The van der Waals surface area contributed by atoms with Crippen LogP contribution in [0.15, 0.2) is 18.5 Å². The zero-order valence-corrected chi connectivity index (χ0v) is 14.7. The van der Waals surface area contributed by atoms with Gasteiger partial charge in [0.2, 0.25) is 11.9 Å². The van der Waals surface area contributed by atoms with Crippen LogP contribution in [0.1, 0.15) is 32.1 Å². The second-order valence-corrected chi connectivity index (χ2v) is 7.47. The summed E-state index contributed by atoms with van der Waals surface area (Å²) in [7, 11) is 0. The molecule has 3 saturated heterocycles. The van der Waals surface area contributed by atoms with Gasteiger partial charge >= 0.3 is 0 Å². The Balaban J connectivity index is 1.33. The van der Waals surface area contributed by atoms with Gasteiger partial charge in [0, 0.05) is 43.5 Å². The number of aliphatic hydroxyl groups excluding tert-OH is 1. The van der Waals surface area contributed by atoms with Crippen LogP contribution in [0.4, 0.5) is 5.95 Å². The molecule has 3 fully saturated rings. The molecule has 26 heavy (non-hydrogen) atoms. The molecule has 4 unspecified atom stereocenters. The molecule has 0 aromatic carbocycles. The minimum Gasteiger partial charge on any atom is -0.391 e. The predicted octanol–water partition coefficient (Wildman–Crippen LogP) is 0.0514. The summed E-state index contributed by atoms with van der Waals surface area (Å²) in [6.45, 7) is 0.477. The molecule has 0 aliphatic carbocycles. The van der Waals surface area contributed by atoms with Crippen molar-refractivity contribution in [2.45, 2.75) is 62.4 Å². The summed E-state index contributed by atoms with van der Waals surface area (Å²) in [5.74, 6) is 0.701. The van der Waals surface area contributed by atoms with E-state index in [4.69, 9.17) is 5.26 Å². The number of carbonyl (C=O) groups excluding carboxylic acids is 1. The van der Waals surface area contributed by atoms with Gasteiger partial charge in [0.05, 0.1) is 18.7 Å². The van der Waals surface area contributed by atoms with Crippen LogP contribution in [0.25, 0.3) is 0 Å². The zero-order valence-electron chi connectivity index (χ0n) is 14.7. The third-order valence-corrected chi connectivity index (χ3v) is 5.81. The minimum atomic E-state index is -0.589. The predicted molar refractivity (Wildman–Crippen MR) is 94.1 cm³/mol. The molecule has 3 aliphatic rings. The third-order valence-electron chi connectivity index (χ3n) is 5.81. The van der Waals surface area contributed by atoms with E-state index in [0.717, 1.165) is 31.6 Å². The van der Waals surface area contributed by atoms with Crippen molar-refractivity contribution in [3.05, 3.63) is 18.5 Å². The average Bonchev–Trinajstić information content (AvgIpc) is 3.17. The number of nitriles is 1. The maximum atomic E-state index is 12.4. The Labute approximate surface area is 152 Å². The van der Waals surface area contributed by atoms with Crippen LogP contribution in [-0.4, -0.2) is 69.2 Å². The Morgan fingerprint density at radius 1 is 1.27 bits per heavy atom. The first kappa shape index (κ1) is 17.2. The topological polar surface area (TPSA) is 105 Å². The number of carbonyl (C=O) groups is 1. The van der Waals surface area contributed by atoms with Gasteiger partial charge in [-0.3, -0.25) is 4.79 Å². The van der Waals surface area contributed by atoms with Crippen LogP contribution < -0.4 is 10.2 Å². The van der Waals surface area contributed by atoms with Gasteiger partial charge in [0.1, 0.15) is 6.04 Å². The van der Waals surface area contributed by atoms with Gasteiger partial charge in [-0.2, -0.15) is 5.26 Å². The number of aliphatic hydroxyl groups is 1. The normalized spacial score (nSPS) is 33.3. The highest BCUT2D eigenvalue weighted by molar-refractivity contribution is 5.79. The molecule has 1 aromatic rings. The lowest BCUT2D eigenvalue weighted by Gasteiger charge is -2.39. The summed E-state index contributed by atoms with van der Waals surface area (Å²) in [5, 5.41) is 22.2. The molecule has 8 heteroatoms. The van der Waals surface area contributed by atoms with Crippen molar-refractivity contribution < 1.29 is 9.90 Å². The SMILES string of the molecule is N#CC1CC(O)CN1C(=O)CNC1CC2CCC(C1)N2c1ncccn1. The summed E-state index contributed by atoms with van der Waals surface area (Å²) in [6, 6.07) is 4.52. The molecule has 138 valence electrons. The number of piperidine rings is 1. The molecule has 0 saturated carbocycles. The molecule has 1 aromatic heterocycles. The Morgan fingerprint density at radius 3 is 2.62 bits per heavy atom. The molecule has 2 bridgehead atoms. The Kier molecular flexibility index (Phi) is 4.74. The molecule has 3 aliphatic heterocycles. The number of fused-ring (bicyclic) bond motifs is 2. The van der Waals surface area contributed by atoms with E-state index in [-0.39, 0.29) is 25.0 Å². The first-order valence-corrected chi connectivity index (χ1v) is 9.31. The number of β-amino-alcohol motifs (C(OH)–C–C–N with tert-alkyl or cyclic N) is 1. The highest BCUT2D eigenvalue weighted by Gasteiger charge is 2.42. The van der Waals surface area contributed by atoms with E-state index in [2.05, 4.69) is 26.3 Å². The maximum Gasteiger partial charge on any atom is 0.237 e. The highest BCUT2D eigenvalue weighted by atomic mass is 16.3. The highest BCUT2D eigenvalue weighted by Crippen LogP contribution is 2.37. The Bertz CT molecular complexity index is 679. The number of rotatable bonds is 4. The maximum absolute atomic E-state index is 12.4. The van der Waals surface area contributed by atoms with Crippen LogP contribution in [-0.2, 0) is 4.79 Å². The fraction of sp³-hybridized carbons (Fsp3) is 0.667. The van der Waals surface area contributed by atoms with Gasteiger partial charge in [-0.25, -0.2) is 9.97 Å². The lowest BCUT2D eigenvalue weighted by molar-refractivity contribution is -0.130. The zero-order chi connectivity index (χ0) is 18.1. The van der Waals surface area contributed by atoms with Crippen molar-refractivity contribution in [1.29, 1.82) is 5.26 Å². The second kappa shape index (κ2) is 7.17. The summed E-state index contributed by atoms with van der Waals surface area (Å²) in [4.78, 5) is 25.1. The van der Waals surface area contributed by atoms with E-state index >= 15 is 0 Å². The number of nitrogens with one attached hydrogen (secondary N) is 1. The van der Waals surface area contributed by atoms with Crippen LogP contribution in [0.5, 0.6) is 0 Å². The number of amides is 1. The van der Waals surface area contributed by atoms with Gasteiger partial charge in [-0.15, -0.1) is 0 Å². The molecule has 4 atom stereocenters. The summed E-state index contributed by atoms with van der Waals surface area (Å²) >= 11 is 0. The smallest absolute Gasteiger partial charge is 0.237 e. The number of nitrogens with zero attached hydrogens (tertiary/aromatic N) is 5. The van der Waals surface area contributed by atoms with Gasteiger partial charge in [0.25, 0.3) is 0 Å². The van der Waals surface area contributed by atoms with Crippen LogP contribution in [0, 0.1) is 11.3 Å². The van der Waals surface area contributed by atoms with Crippen molar-refractivity contribution in [1.82, 2.24) is 20.2 Å². The molecule has 0 spiro atoms. The fourth-order valence-corrected chi connectivity index (χ4v) is 4.64. The van der Waals surface area contributed by atoms with Gasteiger partial charge in [0.15, 0.2) is 0 Å². The fourth-order valence-electron chi connectivity index (χ4n) is 4.64. The van der Waals surface area contributed by atoms with E-state index in [9.17, 15) is 9.90 Å². The summed E-state index contributed by atoms with van der Waals surface area (Å²) in [6.07, 6.45) is 7.50. The lowest BCUT2D eigenvalue weighted by atomic mass is 9.97. The standard InChI is InChI=1S/C18H24N6O2/c19-9-15-8-16(25)11-23(15)17(26)10-22-12-6-13-2-3-14(7-12)24(13)18-20-4-1-5-21-18/h1,4-5,12-16,22,25H,2-3,6-8,10-11H2. The molecule has 8 nitrogen and oxygen atoms in total. The molecule has 2 N–H and O–H groups in total. The molecule has 0 radical (unpaired) electrons. The Hall–Kier alpha value is -2.24. The number of hydrogen-bond acceptors (Lipinski definition) is 7. The third kappa shape index (κ3) is 3.24. The van der Waals surface area contributed by atoms with E-state index in [1.54, 1.807) is 12.4 Å². The quantitative estimate of drug-likeness (QED) is 0.785. The molecule has 1 amide bonds. The van der Waals surface area contributed by atoms with Crippen LogP contribution in [0.2, 0.25) is 0 Å². The van der Waals surface area contributed by atoms with Gasteiger partial charge in [-0.1, -0.05) is 0 Å². The number of aromatic nitrogens is 2. The van der Waals surface area contributed by atoms with Crippen LogP contribution >= 0.6 is 0 Å². The second-order valence-electron chi connectivity index (χ2n) is 7.47. The van der Waals surface area contributed by atoms with E-state index < -0.39 is 12.1 Å². The van der Waals surface area contributed by atoms with Crippen molar-refractivity contribution >= 4 is 11.9 Å². The monoisotopic (exact) mass is 356 g/mol. The average molecular weight is 356 g/mol. The number of anilines is 1. The van der Waals surface area contributed by atoms with E-state index in [1.807, 2.05) is 6.07 Å². The summed E-state index contributed by atoms with van der Waals surface area (Å²) < 4.78 is 0. The largest absolute Gasteiger partial charge is 0.391 e. The summed E-state index contributed by atoms with van der Waals surface area (Å²) in [5.41, 5.74) is 0. The number of hydrogen-bond donors (Lipinski definition) is 2. The molecular weight excluding hydrogens is 332 g/mol. The van der Waals surface area contributed by atoms with Crippen molar-refractivity contribution in [2.75, 3.05) is 18.0 Å². The first-order valence-electron chi connectivity index (χ1n) is 9.31. The molecule has 4 rings (SSSR count). The van der Waals surface area contributed by atoms with Crippen molar-refractivity contribution in [2.24, 2.45) is 0 Å².